The normalized spacial score (nSPS) is 12.2. The first kappa shape index (κ1) is 14.3. The third-order valence-electron chi connectivity index (χ3n) is 2.35. The topological polar surface area (TPSA) is 128 Å². The summed E-state index contributed by atoms with van der Waals surface area (Å²) in [7, 11) is 0. The molecule has 0 fully saturated rings. The Morgan fingerprint density at radius 3 is 2.72 bits per heavy atom. The molecule has 9 heteroatoms. The molecule has 0 aromatic carbocycles. The fourth-order valence-corrected chi connectivity index (χ4v) is 1.74. The van der Waals surface area contributed by atoms with Gasteiger partial charge in [0.2, 0.25) is 0 Å². The number of aromatic nitrogens is 1. The van der Waals surface area contributed by atoms with Crippen molar-refractivity contribution < 1.29 is 14.8 Å². The number of nitro groups is 1. The number of hydrogen-bond acceptors (Lipinski definition) is 5. The lowest BCUT2D eigenvalue weighted by molar-refractivity contribution is -0.386. The lowest BCUT2D eigenvalue weighted by Crippen LogP contribution is -2.38. The van der Waals surface area contributed by atoms with E-state index in [2.05, 4.69) is 15.9 Å². The number of nitrogens with two attached hydrogens (primary N) is 1. The first-order valence-corrected chi connectivity index (χ1v) is 5.57. The molecular formula is C9H10BrN3O5. The molecule has 0 saturated carbocycles. The molecule has 1 atom stereocenters. The Balaban J connectivity index is 3.33. The van der Waals surface area contributed by atoms with Gasteiger partial charge in [0.1, 0.15) is 6.04 Å². The van der Waals surface area contributed by atoms with Gasteiger partial charge in [0.05, 0.1) is 22.1 Å². The van der Waals surface area contributed by atoms with Gasteiger partial charge in [-0.05, 0) is 22.9 Å². The van der Waals surface area contributed by atoms with E-state index in [0.29, 0.717) is 0 Å². The Morgan fingerprint density at radius 1 is 1.72 bits per heavy atom. The summed E-state index contributed by atoms with van der Waals surface area (Å²) in [5.41, 5.74) is 4.63. The molecule has 1 aromatic heterocycles. The van der Waals surface area contributed by atoms with Crippen LogP contribution in [0, 0.1) is 17.0 Å². The van der Waals surface area contributed by atoms with Crippen molar-refractivity contribution in [2.45, 2.75) is 19.5 Å². The van der Waals surface area contributed by atoms with Gasteiger partial charge in [-0.25, -0.2) is 0 Å². The van der Waals surface area contributed by atoms with Crippen LogP contribution in [0.15, 0.2) is 15.5 Å². The number of carboxylic acids is 1. The summed E-state index contributed by atoms with van der Waals surface area (Å²) < 4.78 is 0.933. The summed E-state index contributed by atoms with van der Waals surface area (Å²) in [4.78, 5) is 32.5. The Kier molecular flexibility index (Phi) is 4.19. The van der Waals surface area contributed by atoms with Crippen molar-refractivity contribution in [2.24, 2.45) is 5.73 Å². The highest BCUT2D eigenvalue weighted by atomic mass is 79.9. The van der Waals surface area contributed by atoms with Crippen molar-refractivity contribution in [2.75, 3.05) is 0 Å². The molecular weight excluding hydrogens is 310 g/mol. The average Bonchev–Trinajstić information content (AvgIpc) is 2.29. The van der Waals surface area contributed by atoms with E-state index in [1.165, 1.54) is 6.92 Å². The highest BCUT2D eigenvalue weighted by molar-refractivity contribution is 9.10. The Bertz CT molecular complexity index is 568. The zero-order chi connectivity index (χ0) is 14.0. The number of aliphatic carboxylic acids is 1. The molecule has 8 nitrogen and oxygen atoms in total. The van der Waals surface area contributed by atoms with Gasteiger partial charge >= 0.3 is 5.97 Å². The SMILES string of the molecule is Cc1c([N+](=O)[O-])cn(CC(N)C(=O)O)c(=O)c1Br. The molecule has 98 valence electrons. The third kappa shape index (κ3) is 2.74. The molecule has 0 aliphatic rings. The van der Waals surface area contributed by atoms with Crippen LogP contribution in [0.4, 0.5) is 5.69 Å². The number of carboxylic acid groups (broad SMARTS) is 1. The molecule has 1 unspecified atom stereocenters. The Morgan fingerprint density at radius 2 is 2.28 bits per heavy atom. The average molecular weight is 320 g/mol. The van der Waals surface area contributed by atoms with Crippen molar-refractivity contribution in [3.63, 3.8) is 0 Å². The third-order valence-corrected chi connectivity index (χ3v) is 3.28. The summed E-state index contributed by atoms with van der Waals surface area (Å²) >= 11 is 2.95. The minimum absolute atomic E-state index is 0.0225. The number of carbonyl (C=O) groups is 1. The summed E-state index contributed by atoms with van der Waals surface area (Å²) in [6.07, 6.45) is 0.991. The summed E-state index contributed by atoms with van der Waals surface area (Å²) in [5, 5.41) is 19.4. The van der Waals surface area contributed by atoms with Gasteiger partial charge in [0, 0.05) is 5.56 Å². The molecule has 1 aromatic rings. The predicted octanol–water partition coefficient (Wildman–Crippen LogP) is 0.239. The van der Waals surface area contributed by atoms with E-state index >= 15 is 0 Å². The molecule has 3 N–H and O–H groups in total. The monoisotopic (exact) mass is 319 g/mol. The maximum Gasteiger partial charge on any atom is 0.322 e. The standard InChI is InChI=1S/C9H10BrN3O5/c1-4-6(13(17)18)3-12(8(14)7(4)10)2-5(11)9(15)16/h3,5H,2,11H2,1H3,(H,15,16). The van der Waals surface area contributed by atoms with Gasteiger partial charge in [0.15, 0.2) is 0 Å². The first-order valence-electron chi connectivity index (χ1n) is 4.78. The molecule has 1 heterocycles. The van der Waals surface area contributed by atoms with E-state index in [4.69, 9.17) is 10.8 Å². The maximum atomic E-state index is 11.8. The highest BCUT2D eigenvalue weighted by Crippen LogP contribution is 2.22. The van der Waals surface area contributed by atoms with Crippen LogP contribution in [-0.4, -0.2) is 26.6 Å². The summed E-state index contributed by atoms with van der Waals surface area (Å²) in [6, 6.07) is -1.31. The minimum atomic E-state index is -1.31. The Hall–Kier alpha value is -1.74. The lowest BCUT2D eigenvalue weighted by Gasteiger charge is -2.11. The van der Waals surface area contributed by atoms with Crippen molar-refractivity contribution in [1.82, 2.24) is 4.57 Å². The fourth-order valence-electron chi connectivity index (χ4n) is 1.31. The van der Waals surface area contributed by atoms with Crippen LogP contribution >= 0.6 is 15.9 Å². The van der Waals surface area contributed by atoms with E-state index < -0.39 is 22.5 Å². The van der Waals surface area contributed by atoms with E-state index in [1.807, 2.05) is 0 Å². The number of nitrogens with zero attached hydrogens (tertiary/aromatic N) is 2. The highest BCUT2D eigenvalue weighted by Gasteiger charge is 2.21. The van der Waals surface area contributed by atoms with Crippen LogP contribution in [0.3, 0.4) is 0 Å². The van der Waals surface area contributed by atoms with Crippen LogP contribution in [0.1, 0.15) is 5.56 Å². The number of halogens is 1. The summed E-state index contributed by atoms with van der Waals surface area (Å²) in [6.45, 7) is 1.08. The molecule has 0 radical (unpaired) electrons. The predicted molar refractivity (Wildman–Crippen MR) is 65.4 cm³/mol. The van der Waals surface area contributed by atoms with Gasteiger partial charge in [-0.3, -0.25) is 19.7 Å². The number of hydrogen-bond donors (Lipinski definition) is 2. The van der Waals surface area contributed by atoms with Crippen molar-refractivity contribution in [3.8, 4) is 0 Å². The molecule has 0 bridgehead atoms. The zero-order valence-corrected chi connectivity index (χ0v) is 10.9. The second kappa shape index (κ2) is 5.27. The van der Waals surface area contributed by atoms with Crippen LogP contribution in [0.25, 0.3) is 0 Å². The molecule has 0 amide bonds. The van der Waals surface area contributed by atoms with Crippen LogP contribution in [0.5, 0.6) is 0 Å². The quantitative estimate of drug-likeness (QED) is 0.604. The lowest BCUT2D eigenvalue weighted by atomic mass is 10.2. The number of pyridine rings is 1. The zero-order valence-electron chi connectivity index (χ0n) is 9.29. The van der Waals surface area contributed by atoms with Crippen molar-refractivity contribution >= 4 is 27.6 Å². The van der Waals surface area contributed by atoms with E-state index in [9.17, 15) is 19.7 Å². The minimum Gasteiger partial charge on any atom is -0.480 e. The number of rotatable bonds is 4. The van der Waals surface area contributed by atoms with Crippen LogP contribution < -0.4 is 11.3 Å². The molecule has 0 saturated heterocycles. The van der Waals surface area contributed by atoms with Gasteiger partial charge in [-0.1, -0.05) is 0 Å². The van der Waals surface area contributed by atoms with Gasteiger partial charge in [0.25, 0.3) is 11.2 Å². The largest absolute Gasteiger partial charge is 0.480 e. The van der Waals surface area contributed by atoms with Gasteiger partial charge in [-0.2, -0.15) is 0 Å². The van der Waals surface area contributed by atoms with E-state index in [-0.39, 0.29) is 22.3 Å². The molecule has 18 heavy (non-hydrogen) atoms. The van der Waals surface area contributed by atoms with Crippen molar-refractivity contribution in [3.05, 3.63) is 36.7 Å². The second-order valence-electron chi connectivity index (χ2n) is 3.61. The summed E-state index contributed by atoms with van der Waals surface area (Å²) in [5.74, 6) is -1.29. The molecule has 0 spiro atoms. The first-order chi connectivity index (χ1) is 8.25. The van der Waals surface area contributed by atoms with Gasteiger partial charge < -0.3 is 15.4 Å². The molecule has 1 rings (SSSR count). The second-order valence-corrected chi connectivity index (χ2v) is 4.41. The van der Waals surface area contributed by atoms with Crippen LogP contribution in [-0.2, 0) is 11.3 Å². The maximum absolute atomic E-state index is 11.8. The van der Waals surface area contributed by atoms with Crippen molar-refractivity contribution in [1.29, 1.82) is 0 Å². The van der Waals surface area contributed by atoms with Crippen LogP contribution in [0.2, 0.25) is 0 Å². The Labute approximate surface area is 109 Å². The van der Waals surface area contributed by atoms with Gasteiger partial charge in [-0.15, -0.1) is 0 Å². The molecule has 0 aliphatic carbocycles. The van der Waals surface area contributed by atoms with E-state index in [1.54, 1.807) is 0 Å². The van der Waals surface area contributed by atoms with E-state index in [0.717, 1.165) is 10.8 Å². The molecule has 0 aliphatic heterocycles. The smallest absolute Gasteiger partial charge is 0.322 e. The fraction of sp³-hybridized carbons (Fsp3) is 0.333.